The molecule has 1 atom stereocenters. The first kappa shape index (κ1) is 26.9. The van der Waals surface area contributed by atoms with Crippen molar-refractivity contribution in [3.63, 3.8) is 0 Å². The fourth-order valence-corrected chi connectivity index (χ4v) is 8.76. The molecule has 0 amide bonds. The fraction of sp³-hybridized carbons (Fsp3) is 0.385. The minimum absolute atomic E-state index is 0. The third-order valence-electron chi connectivity index (χ3n) is 5.81. The number of allylic oxidation sites excluding steroid dienone is 4. The molecule has 0 saturated carbocycles. The van der Waals surface area contributed by atoms with Gasteiger partial charge in [0.25, 0.3) is 0 Å². The van der Waals surface area contributed by atoms with Crippen LogP contribution in [0.25, 0.3) is 0 Å². The molecule has 0 N–H and O–H groups in total. The SMILES string of the molecule is CP(C(C)(C)C)C1(CCCP(c2ccccc2)c2ccccc2)C=CCC=C1.[B].[B]. The molecule has 0 aliphatic heterocycles. The van der Waals surface area contributed by atoms with E-state index in [0.717, 1.165) is 6.42 Å². The lowest BCUT2D eigenvalue weighted by Crippen LogP contribution is -2.31. The van der Waals surface area contributed by atoms with E-state index in [2.05, 4.69) is 112 Å². The van der Waals surface area contributed by atoms with Crippen LogP contribution in [0.1, 0.15) is 40.0 Å². The Bertz CT molecular complexity index is 743. The van der Waals surface area contributed by atoms with E-state index in [9.17, 15) is 0 Å². The van der Waals surface area contributed by atoms with Gasteiger partial charge in [-0.2, -0.15) is 0 Å². The van der Waals surface area contributed by atoms with Gasteiger partial charge in [-0.1, -0.05) is 114 Å². The Morgan fingerprint density at radius 2 is 1.27 bits per heavy atom. The molecule has 6 radical (unpaired) electrons. The Hall–Kier alpha value is -1.09. The van der Waals surface area contributed by atoms with E-state index < -0.39 is 0 Å². The van der Waals surface area contributed by atoms with Crippen LogP contribution in [-0.4, -0.2) is 40.0 Å². The lowest BCUT2D eigenvalue weighted by molar-refractivity contribution is 0.684. The summed E-state index contributed by atoms with van der Waals surface area (Å²) in [4.78, 5) is 0. The van der Waals surface area contributed by atoms with Crippen LogP contribution in [0.15, 0.2) is 85.0 Å². The second kappa shape index (κ2) is 12.1. The summed E-state index contributed by atoms with van der Waals surface area (Å²) in [7, 11) is -0.418. The Kier molecular flexibility index (Phi) is 10.8. The van der Waals surface area contributed by atoms with E-state index in [4.69, 9.17) is 0 Å². The largest absolute Gasteiger partial charge is 0.0900 e. The highest BCUT2D eigenvalue weighted by atomic mass is 31.1. The molecule has 3 rings (SSSR count). The van der Waals surface area contributed by atoms with E-state index in [1.54, 1.807) is 0 Å². The second-order valence-corrected chi connectivity index (χ2v) is 14.3. The first-order valence-electron chi connectivity index (χ1n) is 10.4. The summed E-state index contributed by atoms with van der Waals surface area (Å²) < 4.78 is 0. The van der Waals surface area contributed by atoms with E-state index in [0.29, 0.717) is 5.16 Å². The van der Waals surface area contributed by atoms with Crippen molar-refractivity contribution in [1.82, 2.24) is 0 Å². The van der Waals surface area contributed by atoms with Crippen molar-refractivity contribution in [3.05, 3.63) is 85.0 Å². The molecule has 0 nitrogen and oxygen atoms in total. The molecule has 0 spiro atoms. The molecule has 1 unspecified atom stereocenters. The number of hydrogen-bond acceptors (Lipinski definition) is 0. The van der Waals surface area contributed by atoms with Crippen LogP contribution in [0, 0.1) is 0 Å². The number of rotatable bonds is 7. The lowest BCUT2D eigenvalue weighted by Gasteiger charge is -2.44. The summed E-state index contributed by atoms with van der Waals surface area (Å²) in [6, 6.07) is 22.3. The lowest BCUT2D eigenvalue weighted by atomic mass is 9.97. The van der Waals surface area contributed by atoms with Crippen LogP contribution in [0.3, 0.4) is 0 Å². The Morgan fingerprint density at radius 1 is 0.800 bits per heavy atom. The zero-order chi connectivity index (χ0) is 20.0. The molecular weight excluding hydrogens is 396 g/mol. The molecular formula is C26H34B2P2. The van der Waals surface area contributed by atoms with Gasteiger partial charge in [-0.3, -0.25) is 0 Å². The van der Waals surface area contributed by atoms with Crippen LogP contribution in [-0.2, 0) is 0 Å². The van der Waals surface area contributed by atoms with Crippen molar-refractivity contribution in [2.45, 2.75) is 50.3 Å². The second-order valence-electron chi connectivity index (χ2n) is 8.69. The van der Waals surface area contributed by atoms with Gasteiger partial charge >= 0.3 is 0 Å². The van der Waals surface area contributed by atoms with Crippen LogP contribution in [0.5, 0.6) is 0 Å². The third kappa shape index (κ3) is 6.70. The van der Waals surface area contributed by atoms with Crippen molar-refractivity contribution in [2.75, 3.05) is 12.8 Å². The molecule has 1 aliphatic carbocycles. The van der Waals surface area contributed by atoms with Gasteiger partial charge in [-0.05, 0) is 55.8 Å². The van der Waals surface area contributed by atoms with Gasteiger partial charge in [0.1, 0.15) is 0 Å². The van der Waals surface area contributed by atoms with Crippen molar-refractivity contribution >= 4 is 43.3 Å². The zero-order valence-corrected chi connectivity index (χ0v) is 20.7. The van der Waals surface area contributed by atoms with Crippen LogP contribution >= 0.6 is 15.8 Å². The van der Waals surface area contributed by atoms with Gasteiger partial charge < -0.3 is 0 Å². The van der Waals surface area contributed by atoms with Crippen molar-refractivity contribution in [2.24, 2.45) is 0 Å². The predicted octanol–water partition coefficient (Wildman–Crippen LogP) is 6.30. The van der Waals surface area contributed by atoms with Gasteiger partial charge in [0.15, 0.2) is 0 Å². The van der Waals surface area contributed by atoms with Crippen LogP contribution in [0.2, 0.25) is 0 Å². The quantitative estimate of drug-likeness (QED) is 0.275. The average molecular weight is 430 g/mol. The maximum atomic E-state index is 2.54. The summed E-state index contributed by atoms with van der Waals surface area (Å²) in [6.45, 7) is 9.75. The van der Waals surface area contributed by atoms with Gasteiger partial charge in [-0.25, -0.2) is 0 Å². The molecule has 0 fully saturated rings. The molecule has 2 aromatic rings. The highest BCUT2D eigenvalue weighted by Crippen LogP contribution is 2.61. The molecule has 154 valence electrons. The molecule has 0 saturated heterocycles. The maximum absolute atomic E-state index is 2.54. The van der Waals surface area contributed by atoms with Crippen LogP contribution < -0.4 is 10.6 Å². The molecule has 4 heteroatoms. The topological polar surface area (TPSA) is 0 Å². The zero-order valence-electron chi connectivity index (χ0n) is 19.0. The molecule has 0 aromatic heterocycles. The normalized spacial score (nSPS) is 15.9. The van der Waals surface area contributed by atoms with Crippen molar-refractivity contribution in [1.29, 1.82) is 0 Å². The first-order valence-corrected chi connectivity index (χ1v) is 13.7. The molecule has 1 aliphatic rings. The van der Waals surface area contributed by atoms with E-state index in [1.165, 1.54) is 29.6 Å². The first-order chi connectivity index (χ1) is 13.4. The highest BCUT2D eigenvalue weighted by Gasteiger charge is 2.38. The molecule has 2 aromatic carbocycles. The molecule has 30 heavy (non-hydrogen) atoms. The molecule has 0 bridgehead atoms. The summed E-state index contributed by atoms with van der Waals surface area (Å²) in [5.41, 5.74) is 0. The average Bonchev–Trinajstić information content (AvgIpc) is 2.72. The predicted molar refractivity (Wildman–Crippen MR) is 143 cm³/mol. The van der Waals surface area contributed by atoms with E-state index in [-0.39, 0.29) is 37.8 Å². The smallest absolute Gasteiger partial charge is 0.0265 e. The minimum Gasteiger partial charge on any atom is -0.0900 e. The van der Waals surface area contributed by atoms with Gasteiger partial charge in [0.05, 0.1) is 0 Å². The Morgan fingerprint density at radius 3 is 1.70 bits per heavy atom. The Labute approximate surface area is 191 Å². The standard InChI is InChI=1S/C26H34P2.2B/c1-25(2,3)27(4)26(19-12-7-13-20-26)21-14-22-28(23-15-8-5-9-16-23)24-17-10-6-11-18-24;;/h5-6,8-13,15-20H,7,14,21-22H2,1-4H3;;. The van der Waals surface area contributed by atoms with Crippen LogP contribution in [0.4, 0.5) is 0 Å². The van der Waals surface area contributed by atoms with Crippen molar-refractivity contribution < 1.29 is 0 Å². The van der Waals surface area contributed by atoms with E-state index in [1.807, 2.05) is 0 Å². The summed E-state index contributed by atoms with van der Waals surface area (Å²) in [5.74, 6) is 0. The van der Waals surface area contributed by atoms with Gasteiger partial charge in [0, 0.05) is 22.0 Å². The maximum Gasteiger partial charge on any atom is 0.0265 e. The number of benzene rings is 2. The molecule has 0 heterocycles. The summed E-state index contributed by atoms with van der Waals surface area (Å²) in [5, 5.41) is 3.63. The van der Waals surface area contributed by atoms with E-state index >= 15 is 0 Å². The Balaban J connectivity index is 0.00000225. The highest BCUT2D eigenvalue weighted by molar-refractivity contribution is 7.73. The van der Waals surface area contributed by atoms with Crippen molar-refractivity contribution in [3.8, 4) is 0 Å². The van der Waals surface area contributed by atoms with Gasteiger partial charge in [0.2, 0.25) is 0 Å². The monoisotopic (exact) mass is 430 g/mol. The summed E-state index contributed by atoms with van der Waals surface area (Å²) in [6.07, 6.45) is 14.7. The fourth-order valence-electron chi connectivity index (χ4n) is 4.00. The van der Waals surface area contributed by atoms with Gasteiger partial charge in [-0.15, -0.1) is 0 Å². The summed E-state index contributed by atoms with van der Waals surface area (Å²) >= 11 is 0. The minimum atomic E-state index is -0.289. The number of hydrogen-bond donors (Lipinski definition) is 0. The third-order valence-corrected chi connectivity index (χ3v) is 12.2.